The second kappa shape index (κ2) is 10.8. The van der Waals surface area contributed by atoms with E-state index < -0.39 is 0 Å². The van der Waals surface area contributed by atoms with Crippen LogP contribution >= 0.6 is 0 Å². The van der Waals surface area contributed by atoms with Crippen LogP contribution in [0.1, 0.15) is 0 Å². The molecule has 0 fully saturated rings. The molecule has 238 valence electrons. The van der Waals surface area contributed by atoms with E-state index >= 15 is 0 Å². The lowest BCUT2D eigenvalue weighted by molar-refractivity contribution is 1.13. The highest BCUT2D eigenvalue weighted by Gasteiger charge is 2.16. The van der Waals surface area contributed by atoms with E-state index in [1.165, 1.54) is 87.8 Å². The van der Waals surface area contributed by atoms with Crippen LogP contribution in [0.5, 0.6) is 0 Å². The van der Waals surface area contributed by atoms with Crippen LogP contribution < -0.4 is 0 Å². The molecule has 0 saturated heterocycles. The second-order valence-electron chi connectivity index (χ2n) is 13.4. The van der Waals surface area contributed by atoms with Crippen molar-refractivity contribution < 1.29 is 0 Å². The standard InChI is InChI=1S/C48H31N3/c1-3-13-35(14-4-1)50-45-20-9-7-18-38(45)42-29-33(22-25-47(42)50)32-12-11-17-37(28-32)49-27-26-40-41-31-43-39-19-8-10-21-46(39)51(36-15-5-2-6-16-36)48(43)30-34(41)23-24-44(40)49/h1-31H. The summed E-state index contributed by atoms with van der Waals surface area (Å²) in [5.41, 5.74) is 12.0. The molecule has 0 radical (unpaired) electrons. The summed E-state index contributed by atoms with van der Waals surface area (Å²) >= 11 is 0. The van der Waals surface area contributed by atoms with Crippen molar-refractivity contribution in [2.75, 3.05) is 0 Å². The Morgan fingerprint density at radius 1 is 0.275 bits per heavy atom. The zero-order chi connectivity index (χ0) is 33.5. The molecule has 0 N–H and O–H groups in total. The van der Waals surface area contributed by atoms with Gasteiger partial charge in [-0.3, -0.25) is 0 Å². The maximum absolute atomic E-state index is 2.40. The molecule has 51 heavy (non-hydrogen) atoms. The summed E-state index contributed by atoms with van der Waals surface area (Å²) in [7, 11) is 0. The molecule has 3 heterocycles. The third-order valence-corrected chi connectivity index (χ3v) is 10.6. The van der Waals surface area contributed by atoms with E-state index in [0.29, 0.717) is 0 Å². The summed E-state index contributed by atoms with van der Waals surface area (Å²) in [4.78, 5) is 0. The van der Waals surface area contributed by atoms with E-state index in [1.807, 2.05) is 0 Å². The van der Waals surface area contributed by atoms with Gasteiger partial charge in [0.15, 0.2) is 0 Å². The fourth-order valence-corrected chi connectivity index (χ4v) is 8.34. The quantitative estimate of drug-likeness (QED) is 0.180. The number of rotatable bonds is 4. The first kappa shape index (κ1) is 28.0. The number of hydrogen-bond acceptors (Lipinski definition) is 0. The highest BCUT2D eigenvalue weighted by Crippen LogP contribution is 2.39. The molecule has 0 amide bonds. The lowest BCUT2D eigenvalue weighted by Gasteiger charge is -2.11. The van der Waals surface area contributed by atoms with Crippen molar-refractivity contribution in [3.63, 3.8) is 0 Å². The molecule has 11 rings (SSSR count). The molecule has 0 spiro atoms. The Hall–Kier alpha value is -6.84. The zero-order valence-electron chi connectivity index (χ0n) is 27.7. The predicted molar refractivity (Wildman–Crippen MR) is 215 cm³/mol. The van der Waals surface area contributed by atoms with Crippen molar-refractivity contribution >= 4 is 65.3 Å². The lowest BCUT2D eigenvalue weighted by atomic mass is 10.0. The first-order chi connectivity index (χ1) is 25.3. The van der Waals surface area contributed by atoms with Gasteiger partial charge in [0.1, 0.15) is 0 Å². The summed E-state index contributed by atoms with van der Waals surface area (Å²) in [6, 6.07) is 66.2. The molecule has 0 aliphatic heterocycles. The van der Waals surface area contributed by atoms with E-state index in [4.69, 9.17) is 0 Å². The second-order valence-corrected chi connectivity index (χ2v) is 13.4. The number of nitrogens with zero attached hydrogens (tertiary/aromatic N) is 3. The average molecular weight is 650 g/mol. The number of fused-ring (bicyclic) bond motifs is 9. The first-order valence-electron chi connectivity index (χ1n) is 17.5. The molecule has 0 unspecified atom stereocenters. The van der Waals surface area contributed by atoms with Gasteiger partial charge in [-0.2, -0.15) is 0 Å². The predicted octanol–water partition coefficient (Wildman–Crippen LogP) is 12.6. The Balaban J connectivity index is 1.05. The van der Waals surface area contributed by atoms with Gasteiger partial charge in [-0.25, -0.2) is 0 Å². The third-order valence-electron chi connectivity index (χ3n) is 10.6. The van der Waals surface area contributed by atoms with Crippen LogP contribution in [0.4, 0.5) is 0 Å². The molecule has 11 aromatic rings. The minimum Gasteiger partial charge on any atom is -0.317 e. The largest absolute Gasteiger partial charge is 0.317 e. The van der Waals surface area contributed by atoms with Crippen LogP contribution in [-0.2, 0) is 0 Å². The molecule has 3 heteroatoms. The Morgan fingerprint density at radius 3 is 1.55 bits per heavy atom. The van der Waals surface area contributed by atoms with Crippen LogP contribution in [-0.4, -0.2) is 13.7 Å². The van der Waals surface area contributed by atoms with Gasteiger partial charge in [0.25, 0.3) is 0 Å². The summed E-state index contributed by atoms with van der Waals surface area (Å²) in [6.45, 7) is 0. The van der Waals surface area contributed by atoms with E-state index in [2.05, 4.69) is 202 Å². The summed E-state index contributed by atoms with van der Waals surface area (Å²) < 4.78 is 7.09. The SMILES string of the molecule is c1ccc(-n2c3ccccc3c3cc(-c4cccc(-n5ccc6c7cc8c9ccccc9n(-c9ccccc9)c8cc7ccc65)c4)ccc32)cc1. The van der Waals surface area contributed by atoms with Crippen molar-refractivity contribution in [1.29, 1.82) is 0 Å². The fourth-order valence-electron chi connectivity index (χ4n) is 8.34. The molecular weight excluding hydrogens is 619 g/mol. The van der Waals surface area contributed by atoms with E-state index in [1.54, 1.807) is 0 Å². The molecule has 0 aliphatic rings. The highest BCUT2D eigenvalue weighted by atomic mass is 15.0. The van der Waals surface area contributed by atoms with Gasteiger partial charge in [0.2, 0.25) is 0 Å². The summed E-state index contributed by atoms with van der Waals surface area (Å²) in [6.07, 6.45) is 2.22. The van der Waals surface area contributed by atoms with Crippen molar-refractivity contribution in [3.05, 3.63) is 188 Å². The van der Waals surface area contributed by atoms with Gasteiger partial charge in [-0.15, -0.1) is 0 Å². The fraction of sp³-hybridized carbons (Fsp3) is 0. The van der Waals surface area contributed by atoms with Crippen LogP contribution in [0.15, 0.2) is 188 Å². The van der Waals surface area contributed by atoms with Crippen molar-refractivity contribution in [3.8, 4) is 28.2 Å². The number of aromatic nitrogens is 3. The number of hydrogen-bond donors (Lipinski definition) is 0. The molecule has 3 nitrogen and oxygen atoms in total. The van der Waals surface area contributed by atoms with Gasteiger partial charge in [-0.1, -0.05) is 97.1 Å². The van der Waals surface area contributed by atoms with Crippen molar-refractivity contribution in [1.82, 2.24) is 13.7 Å². The van der Waals surface area contributed by atoms with Crippen LogP contribution in [0.25, 0.3) is 93.5 Å². The van der Waals surface area contributed by atoms with E-state index in [0.717, 1.165) is 5.69 Å². The normalized spacial score (nSPS) is 11.9. The minimum absolute atomic E-state index is 1.15. The molecular formula is C48H31N3. The maximum atomic E-state index is 2.40. The van der Waals surface area contributed by atoms with Crippen molar-refractivity contribution in [2.45, 2.75) is 0 Å². The van der Waals surface area contributed by atoms with Gasteiger partial charge in [0, 0.05) is 50.2 Å². The minimum atomic E-state index is 1.15. The molecule has 0 atom stereocenters. The Bertz CT molecular complexity index is 3120. The Kier molecular flexibility index (Phi) is 5.96. The molecule has 0 bridgehead atoms. The Labute approximate surface area is 294 Å². The molecule has 0 aliphatic carbocycles. The van der Waals surface area contributed by atoms with Crippen molar-refractivity contribution in [2.24, 2.45) is 0 Å². The summed E-state index contributed by atoms with van der Waals surface area (Å²) in [5.74, 6) is 0. The smallest absolute Gasteiger partial charge is 0.0547 e. The molecule has 3 aromatic heterocycles. The topological polar surface area (TPSA) is 14.8 Å². The number of para-hydroxylation sites is 4. The lowest BCUT2D eigenvalue weighted by Crippen LogP contribution is -1.94. The average Bonchev–Trinajstić information content (AvgIpc) is 3.88. The zero-order valence-corrected chi connectivity index (χ0v) is 27.7. The number of benzene rings is 8. The van der Waals surface area contributed by atoms with Gasteiger partial charge in [-0.05, 0) is 107 Å². The van der Waals surface area contributed by atoms with E-state index in [-0.39, 0.29) is 0 Å². The van der Waals surface area contributed by atoms with Crippen LogP contribution in [0, 0.1) is 0 Å². The monoisotopic (exact) mass is 649 g/mol. The Morgan fingerprint density at radius 2 is 0.824 bits per heavy atom. The maximum Gasteiger partial charge on any atom is 0.0547 e. The molecule has 8 aromatic carbocycles. The van der Waals surface area contributed by atoms with Gasteiger partial charge in [0.05, 0.1) is 27.6 Å². The highest BCUT2D eigenvalue weighted by molar-refractivity contribution is 6.18. The molecule has 0 saturated carbocycles. The van der Waals surface area contributed by atoms with Crippen LogP contribution in [0.2, 0.25) is 0 Å². The van der Waals surface area contributed by atoms with E-state index in [9.17, 15) is 0 Å². The summed E-state index contributed by atoms with van der Waals surface area (Å²) in [5, 5.41) is 8.83. The first-order valence-corrected chi connectivity index (χ1v) is 17.5. The van der Waals surface area contributed by atoms with Crippen LogP contribution in [0.3, 0.4) is 0 Å². The van der Waals surface area contributed by atoms with Gasteiger partial charge < -0.3 is 13.7 Å². The van der Waals surface area contributed by atoms with Gasteiger partial charge >= 0.3 is 0 Å². The third kappa shape index (κ3) is 4.19.